The fourth-order valence-electron chi connectivity index (χ4n) is 2.86. The number of hydrogen-bond acceptors (Lipinski definition) is 4. The number of hydrogen-bond donors (Lipinski definition) is 2. The van der Waals surface area contributed by atoms with E-state index in [0.29, 0.717) is 19.1 Å². The van der Waals surface area contributed by atoms with Crippen LogP contribution in [0.4, 0.5) is 0 Å². The molecule has 2 rings (SSSR count). The third kappa shape index (κ3) is 7.56. The van der Waals surface area contributed by atoms with Crippen LogP contribution in [-0.4, -0.2) is 56.2 Å². The van der Waals surface area contributed by atoms with Gasteiger partial charge in [-0.1, -0.05) is 6.92 Å². The molecule has 1 aromatic rings. The van der Waals surface area contributed by atoms with Gasteiger partial charge in [0.25, 0.3) is 0 Å². The van der Waals surface area contributed by atoms with E-state index in [-0.39, 0.29) is 48.6 Å². The van der Waals surface area contributed by atoms with E-state index < -0.39 is 0 Å². The lowest BCUT2D eigenvalue weighted by atomic mass is 10.1. The standard InChI is InChI=1S/C21H34N4O3.HI/c1-7-14(3)24-21(23-13-20(26)25(5)6)22-12-17-11-19-16(9-15(4)28-19)10-18(17)27-8-2;/h10-11,14-15H,7-9,12-13H2,1-6H3,(H2,22,23,24);1H. The first-order valence-electron chi connectivity index (χ1n) is 10.0. The fourth-order valence-corrected chi connectivity index (χ4v) is 2.86. The third-order valence-electron chi connectivity index (χ3n) is 4.69. The number of benzene rings is 1. The van der Waals surface area contributed by atoms with E-state index in [1.54, 1.807) is 19.0 Å². The molecule has 0 saturated carbocycles. The van der Waals surface area contributed by atoms with Gasteiger partial charge in [-0.3, -0.25) is 4.79 Å². The Bertz CT molecular complexity index is 709. The zero-order valence-corrected chi connectivity index (χ0v) is 20.7. The minimum Gasteiger partial charge on any atom is -0.494 e. The summed E-state index contributed by atoms with van der Waals surface area (Å²) in [6, 6.07) is 4.34. The minimum absolute atomic E-state index is 0. The van der Waals surface area contributed by atoms with Gasteiger partial charge in [-0.05, 0) is 39.3 Å². The first kappa shape index (κ1) is 25.3. The summed E-state index contributed by atoms with van der Waals surface area (Å²) in [5.74, 6) is 2.36. The van der Waals surface area contributed by atoms with Gasteiger partial charge in [0.15, 0.2) is 5.96 Å². The van der Waals surface area contributed by atoms with Crippen molar-refractivity contribution in [1.82, 2.24) is 15.5 Å². The lowest BCUT2D eigenvalue weighted by Gasteiger charge is -2.18. The van der Waals surface area contributed by atoms with Crippen molar-refractivity contribution in [2.75, 3.05) is 27.2 Å². The van der Waals surface area contributed by atoms with Gasteiger partial charge < -0.3 is 25.0 Å². The van der Waals surface area contributed by atoms with E-state index in [1.165, 1.54) is 5.56 Å². The Balaban J connectivity index is 0.00000420. The molecule has 0 aliphatic carbocycles. The minimum atomic E-state index is -0.00595. The molecule has 0 bridgehead atoms. The van der Waals surface area contributed by atoms with Gasteiger partial charge in [0, 0.05) is 37.7 Å². The largest absolute Gasteiger partial charge is 0.494 e. The Morgan fingerprint density at radius 2 is 2.10 bits per heavy atom. The number of likely N-dealkylation sites (N-methyl/N-ethyl adjacent to an activating group) is 1. The maximum absolute atomic E-state index is 11.9. The highest BCUT2D eigenvalue weighted by Gasteiger charge is 2.22. The Morgan fingerprint density at radius 3 is 2.72 bits per heavy atom. The number of nitrogens with zero attached hydrogens (tertiary/aromatic N) is 2. The topological polar surface area (TPSA) is 75.2 Å². The molecule has 1 aliphatic heterocycles. The van der Waals surface area contributed by atoms with E-state index in [9.17, 15) is 4.79 Å². The molecule has 2 N–H and O–H groups in total. The van der Waals surface area contributed by atoms with Crippen molar-refractivity contribution in [3.05, 3.63) is 23.3 Å². The number of fused-ring (bicyclic) bond motifs is 1. The number of amides is 1. The molecule has 7 nitrogen and oxygen atoms in total. The monoisotopic (exact) mass is 518 g/mol. The number of rotatable bonds is 8. The zero-order valence-electron chi connectivity index (χ0n) is 18.4. The fraction of sp³-hybridized carbons (Fsp3) is 0.619. The summed E-state index contributed by atoms with van der Waals surface area (Å²) >= 11 is 0. The van der Waals surface area contributed by atoms with E-state index >= 15 is 0 Å². The first-order valence-corrected chi connectivity index (χ1v) is 10.0. The number of carbonyl (C=O) groups excluding carboxylic acids is 1. The number of nitrogens with one attached hydrogen (secondary N) is 2. The van der Waals surface area contributed by atoms with Crippen molar-refractivity contribution in [1.29, 1.82) is 0 Å². The van der Waals surface area contributed by atoms with Crippen LogP contribution >= 0.6 is 24.0 Å². The molecule has 1 heterocycles. The normalized spacial score (nSPS) is 16.2. The molecule has 0 spiro atoms. The van der Waals surface area contributed by atoms with Crippen LogP contribution in [0.5, 0.6) is 11.5 Å². The molecule has 0 aromatic heterocycles. The molecule has 0 saturated heterocycles. The number of halogens is 1. The lowest BCUT2D eigenvalue weighted by Crippen LogP contribution is -2.45. The van der Waals surface area contributed by atoms with Crippen molar-refractivity contribution in [3.63, 3.8) is 0 Å². The van der Waals surface area contributed by atoms with Crippen LogP contribution in [0, 0.1) is 0 Å². The van der Waals surface area contributed by atoms with Gasteiger partial charge in [0.2, 0.25) is 5.91 Å². The van der Waals surface area contributed by atoms with Crippen molar-refractivity contribution in [3.8, 4) is 11.5 Å². The maximum Gasteiger partial charge on any atom is 0.241 e. The summed E-state index contributed by atoms with van der Waals surface area (Å²) in [5.41, 5.74) is 2.15. The zero-order chi connectivity index (χ0) is 20.7. The van der Waals surface area contributed by atoms with E-state index in [2.05, 4.69) is 42.5 Å². The predicted molar refractivity (Wildman–Crippen MR) is 128 cm³/mol. The summed E-state index contributed by atoms with van der Waals surface area (Å²) in [7, 11) is 3.48. The smallest absolute Gasteiger partial charge is 0.241 e. The average molecular weight is 518 g/mol. The van der Waals surface area contributed by atoms with Crippen molar-refractivity contribution in [2.45, 2.75) is 59.2 Å². The van der Waals surface area contributed by atoms with Crippen LogP contribution in [0.15, 0.2) is 17.1 Å². The van der Waals surface area contributed by atoms with Gasteiger partial charge in [-0.25, -0.2) is 4.99 Å². The second kappa shape index (κ2) is 12.1. The van der Waals surface area contributed by atoms with Gasteiger partial charge in [-0.15, -0.1) is 24.0 Å². The van der Waals surface area contributed by atoms with Crippen LogP contribution in [0.1, 0.15) is 45.2 Å². The second-order valence-electron chi connectivity index (χ2n) is 7.39. The van der Waals surface area contributed by atoms with Gasteiger partial charge in [-0.2, -0.15) is 0 Å². The molecular weight excluding hydrogens is 483 g/mol. The second-order valence-corrected chi connectivity index (χ2v) is 7.39. The third-order valence-corrected chi connectivity index (χ3v) is 4.69. The average Bonchev–Trinajstić information content (AvgIpc) is 3.02. The summed E-state index contributed by atoms with van der Waals surface area (Å²) in [6.07, 6.45) is 2.04. The van der Waals surface area contributed by atoms with Crippen molar-refractivity contribution < 1.29 is 14.3 Å². The van der Waals surface area contributed by atoms with Crippen LogP contribution in [0.2, 0.25) is 0 Å². The molecule has 2 atom stereocenters. The summed E-state index contributed by atoms with van der Waals surface area (Å²) in [4.78, 5) is 18.2. The molecule has 29 heavy (non-hydrogen) atoms. The molecule has 164 valence electrons. The van der Waals surface area contributed by atoms with E-state index in [1.807, 2.05) is 13.0 Å². The van der Waals surface area contributed by atoms with Crippen LogP contribution in [0.25, 0.3) is 0 Å². The number of ether oxygens (including phenoxy) is 2. The molecular formula is C21H35IN4O3. The first-order chi connectivity index (χ1) is 13.3. The van der Waals surface area contributed by atoms with E-state index in [4.69, 9.17) is 9.47 Å². The van der Waals surface area contributed by atoms with Crippen LogP contribution in [0.3, 0.4) is 0 Å². The number of guanidine groups is 1. The highest BCUT2D eigenvalue weighted by atomic mass is 127. The summed E-state index contributed by atoms with van der Waals surface area (Å²) in [6.45, 7) is 9.45. The van der Waals surface area contributed by atoms with Crippen LogP contribution in [-0.2, 0) is 17.8 Å². The molecule has 1 aliphatic rings. The Labute approximate surface area is 191 Å². The SMILES string of the molecule is CCOc1cc2c(cc1CN=C(NCC(=O)N(C)C)NC(C)CC)OC(C)C2.I. The highest BCUT2D eigenvalue weighted by molar-refractivity contribution is 14.0. The van der Waals surface area contributed by atoms with Gasteiger partial charge in [0.05, 0.1) is 19.7 Å². The Kier molecular flexibility index (Phi) is 10.6. The van der Waals surface area contributed by atoms with E-state index in [0.717, 1.165) is 29.9 Å². The quantitative estimate of drug-likeness (QED) is 0.315. The molecule has 8 heteroatoms. The number of carbonyl (C=O) groups is 1. The molecule has 0 fully saturated rings. The van der Waals surface area contributed by atoms with Crippen molar-refractivity contribution >= 4 is 35.8 Å². The summed E-state index contributed by atoms with van der Waals surface area (Å²) < 4.78 is 11.7. The Morgan fingerprint density at radius 1 is 1.38 bits per heavy atom. The Hall–Kier alpha value is -1.71. The van der Waals surface area contributed by atoms with Crippen LogP contribution < -0.4 is 20.1 Å². The van der Waals surface area contributed by atoms with Gasteiger partial charge in [0.1, 0.15) is 17.6 Å². The highest BCUT2D eigenvalue weighted by Crippen LogP contribution is 2.35. The molecule has 0 radical (unpaired) electrons. The summed E-state index contributed by atoms with van der Waals surface area (Å²) in [5, 5.41) is 6.46. The molecule has 2 unspecified atom stereocenters. The molecule has 1 aromatic carbocycles. The number of aliphatic imine (C=N–C) groups is 1. The van der Waals surface area contributed by atoms with Crippen molar-refractivity contribution in [2.24, 2.45) is 4.99 Å². The molecule has 1 amide bonds. The predicted octanol–water partition coefficient (Wildman–Crippen LogP) is 2.95. The lowest BCUT2D eigenvalue weighted by molar-refractivity contribution is -0.127. The maximum atomic E-state index is 11.9. The van der Waals surface area contributed by atoms with Gasteiger partial charge >= 0.3 is 0 Å².